The highest BCUT2D eigenvalue weighted by Crippen LogP contribution is 2.09. The monoisotopic (exact) mass is 221 g/mol. The number of carbonyl (C=O) groups is 2. The van der Waals surface area contributed by atoms with Crippen LogP contribution in [-0.2, 0) is 16.1 Å². The number of imide groups is 1. The summed E-state index contributed by atoms with van der Waals surface area (Å²) in [6.45, 7) is 0.539. The van der Waals surface area contributed by atoms with E-state index < -0.39 is 0 Å². The van der Waals surface area contributed by atoms with E-state index in [9.17, 15) is 9.59 Å². The molecule has 1 aliphatic rings. The Balaban J connectivity index is 2.16. The van der Waals surface area contributed by atoms with E-state index in [0.717, 1.165) is 0 Å². The van der Waals surface area contributed by atoms with Gasteiger partial charge < -0.3 is 10.6 Å². The Labute approximate surface area is 91.7 Å². The number of amides is 2. The van der Waals surface area contributed by atoms with E-state index in [4.69, 9.17) is 5.73 Å². The van der Waals surface area contributed by atoms with Crippen LogP contribution in [0.5, 0.6) is 0 Å². The fourth-order valence-corrected chi connectivity index (χ4v) is 1.42. The van der Waals surface area contributed by atoms with Crippen LogP contribution in [0.4, 0.5) is 5.82 Å². The summed E-state index contributed by atoms with van der Waals surface area (Å²) < 4.78 is 0. The van der Waals surface area contributed by atoms with Crippen molar-refractivity contribution in [1.29, 1.82) is 0 Å². The van der Waals surface area contributed by atoms with Crippen LogP contribution in [-0.4, -0.2) is 34.9 Å². The molecule has 1 saturated heterocycles. The first-order valence-electron chi connectivity index (χ1n) is 4.77. The third-order valence-electron chi connectivity index (χ3n) is 2.17. The first-order chi connectivity index (χ1) is 7.69. The van der Waals surface area contributed by atoms with Gasteiger partial charge in [0.15, 0.2) is 0 Å². The maximum absolute atomic E-state index is 11.1. The Morgan fingerprint density at radius 2 is 1.94 bits per heavy atom. The second kappa shape index (κ2) is 4.23. The van der Waals surface area contributed by atoms with Crippen LogP contribution in [0.15, 0.2) is 12.4 Å². The molecule has 0 spiro atoms. The number of piperazine rings is 1. The number of carbonyl (C=O) groups excluding carboxylic acids is 2. The molecular formula is C9H11N5O2. The normalized spacial score (nSPS) is 16.2. The third kappa shape index (κ3) is 2.14. The maximum Gasteiger partial charge on any atom is 0.246 e. The highest BCUT2D eigenvalue weighted by atomic mass is 16.2. The number of rotatable bonds is 2. The van der Waals surface area contributed by atoms with Crippen LogP contribution in [0.1, 0.15) is 5.69 Å². The van der Waals surface area contributed by atoms with Crippen LogP contribution in [0.3, 0.4) is 0 Å². The molecule has 7 nitrogen and oxygen atoms in total. The van der Waals surface area contributed by atoms with Gasteiger partial charge in [0, 0.05) is 6.54 Å². The van der Waals surface area contributed by atoms with Gasteiger partial charge in [-0.1, -0.05) is 0 Å². The minimum absolute atomic E-state index is 0.113. The van der Waals surface area contributed by atoms with E-state index in [1.165, 1.54) is 12.4 Å². The fraction of sp³-hybridized carbons (Fsp3) is 0.333. The summed E-state index contributed by atoms with van der Waals surface area (Å²) in [5, 5.41) is 2.21. The molecule has 0 radical (unpaired) electrons. The van der Waals surface area contributed by atoms with Crippen LogP contribution in [0.25, 0.3) is 0 Å². The molecule has 84 valence electrons. The van der Waals surface area contributed by atoms with Gasteiger partial charge in [0.25, 0.3) is 0 Å². The Morgan fingerprint density at radius 1 is 1.25 bits per heavy atom. The molecule has 1 aromatic rings. The van der Waals surface area contributed by atoms with Crippen molar-refractivity contribution in [2.24, 2.45) is 5.73 Å². The number of hydrogen-bond acceptors (Lipinski definition) is 6. The largest absolute Gasteiger partial charge is 0.337 e. The van der Waals surface area contributed by atoms with Gasteiger partial charge in [0.1, 0.15) is 5.82 Å². The Bertz CT molecular complexity index is 400. The molecule has 0 unspecified atom stereocenters. The third-order valence-corrected chi connectivity index (χ3v) is 2.17. The Morgan fingerprint density at radius 3 is 2.44 bits per heavy atom. The first kappa shape index (κ1) is 10.5. The van der Waals surface area contributed by atoms with Crippen LogP contribution in [0, 0.1) is 0 Å². The van der Waals surface area contributed by atoms with E-state index in [2.05, 4.69) is 15.3 Å². The van der Waals surface area contributed by atoms with E-state index >= 15 is 0 Å². The van der Waals surface area contributed by atoms with Crippen molar-refractivity contribution >= 4 is 17.6 Å². The molecule has 2 rings (SSSR count). The molecule has 1 aromatic heterocycles. The number of nitrogens with one attached hydrogen (secondary N) is 1. The Kier molecular flexibility index (Phi) is 2.78. The second-order valence-electron chi connectivity index (χ2n) is 3.40. The summed E-state index contributed by atoms with van der Waals surface area (Å²) in [5.41, 5.74) is 6.05. The molecule has 0 atom stereocenters. The standard InChI is InChI=1S/C9H11N5O2/c10-1-6-2-12-7(3-11-6)14-4-8(15)13-9(16)5-14/h2-3H,1,4-5,10H2,(H,13,15,16). The second-order valence-corrected chi connectivity index (χ2v) is 3.40. The summed E-state index contributed by atoms with van der Waals surface area (Å²) in [7, 11) is 0. The van der Waals surface area contributed by atoms with Gasteiger partial charge in [-0.05, 0) is 0 Å². The quantitative estimate of drug-likeness (QED) is 0.583. The lowest BCUT2D eigenvalue weighted by Crippen LogP contribution is -2.51. The minimum Gasteiger partial charge on any atom is -0.337 e. The predicted molar refractivity (Wildman–Crippen MR) is 55.3 cm³/mol. The van der Waals surface area contributed by atoms with Crippen LogP contribution < -0.4 is 16.0 Å². The first-order valence-corrected chi connectivity index (χ1v) is 4.77. The van der Waals surface area contributed by atoms with Gasteiger partial charge in [0.05, 0.1) is 31.2 Å². The molecule has 1 aliphatic heterocycles. The van der Waals surface area contributed by atoms with Gasteiger partial charge in [-0.15, -0.1) is 0 Å². The van der Waals surface area contributed by atoms with Crippen molar-refractivity contribution < 1.29 is 9.59 Å². The number of aromatic nitrogens is 2. The van der Waals surface area contributed by atoms with Gasteiger partial charge in [-0.25, -0.2) is 4.98 Å². The molecule has 0 aliphatic carbocycles. The molecule has 0 bridgehead atoms. The van der Waals surface area contributed by atoms with E-state index in [0.29, 0.717) is 18.1 Å². The lowest BCUT2D eigenvalue weighted by molar-refractivity contribution is -0.130. The van der Waals surface area contributed by atoms with Crippen LogP contribution in [0.2, 0.25) is 0 Å². The molecule has 2 heterocycles. The highest BCUT2D eigenvalue weighted by molar-refractivity contribution is 6.02. The lowest BCUT2D eigenvalue weighted by Gasteiger charge is -2.25. The number of nitrogens with zero attached hydrogens (tertiary/aromatic N) is 3. The summed E-state index contributed by atoms with van der Waals surface area (Å²) in [6.07, 6.45) is 3.04. The molecule has 16 heavy (non-hydrogen) atoms. The van der Waals surface area contributed by atoms with Crippen molar-refractivity contribution in [3.8, 4) is 0 Å². The van der Waals surface area contributed by atoms with Gasteiger partial charge in [-0.3, -0.25) is 19.9 Å². The Hall–Kier alpha value is -2.02. The van der Waals surface area contributed by atoms with Crippen LogP contribution >= 0.6 is 0 Å². The number of anilines is 1. The smallest absolute Gasteiger partial charge is 0.246 e. The van der Waals surface area contributed by atoms with Crippen molar-refractivity contribution in [2.75, 3.05) is 18.0 Å². The summed E-state index contributed by atoms with van der Waals surface area (Å²) >= 11 is 0. The maximum atomic E-state index is 11.1. The molecular weight excluding hydrogens is 210 g/mol. The average molecular weight is 221 g/mol. The minimum atomic E-state index is -0.332. The molecule has 0 saturated carbocycles. The zero-order chi connectivity index (χ0) is 11.5. The molecule has 2 amide bonds. The zero-order valence-electron chi connectivity index (χ0n) is 8.51. The summed E-state index contributed by atoms with van der Waals surface area (Å²) in [4.78, 5) is 32.0. The zero-order valence-corrected chi connectivity index (χ0v) is 8.51. The summed E-state index contributed by atoms with van der Waals surface area (Å²) in [6, 6.07) is 0. The van der Waals surface area contributed by atoms with Crippen molar-refractivity contribution in [3.05, 3.63) is 18.1 Å². The number of hydrogen-bond donors (Lipinski definition) is 2. The topological polar surface area (TPSA) is 101 Å². The lowest BCUT2D eigenvalue weighted by atomic mass is 10.3. The fourth-order valence-electron chi connectivity index (χ4n) is 1.42. The molecule has 7 heteroatoms. The van der Waals surface area contributed by atoms with Crippen molar-refractivity contribution in [1.82, 2.24) is 15.3 Å². The van der Waals surface area contributed by atoms with Crippen molar-refractivity contribution in [2.45, 2.75) is 6.54 Å². The van der Waals surface area contributed by atoms with E-state index in [-0.39, 0.29) is 24.9 Å². The number of nitrogens with two attached hydrogens (primary N) is 1. The molecule has 0 aromatic carbocycles. The SMILES string of the molecule is NCc1cnc(N2CC(=O)NC(=O)C2)cn1. The molecule has 3 N–H and O–H groups in total. The van der Waals surface area contributed by atoms with Crippen molar-refractivity contribution in [3.63, 3.8) is 0 Å². The highest BCUT2D eigenvalue weighted by Gasteiger charge is 2.23. The van der Waals surface area contributed by atoms with E-state index in [1.807, 2.05) is 0 Å². The van der Waals surface area contributed by atoms with Gasteiger partial charge in [-0.2, -0.15) is 0 Å². The summed E-state index contributed by atoms with van der Waals surface area (Å²) in [5.74, 6) is -0.165. The van der Waals surface area contributed by atoms with Gasteiger partial charge >= 0.3 is 0 Å². The molecule has 1 fully saturated rings. The average Bonchev–Trinajstić information content (AvgIpc) is 2.28. The van der Waals surface area contributed by atoms with Gasteiger partial charge in [0.2, 0.25) is 11.8 Å². The predicted octanol–water partition coefficient (Wildman–Crippen LogP) is -1.60. The van der Waals surface area contributed by atoms with E-state index in [1.54, 1.807) is 4.90 Å².